The number of H-pyrrole nitrogens is 1. The summed E-state index contributed by atoms with van der Waals surface area (Å²) in [7, 11) is -1.84. The Morgan fingerprint density at radius 2 is 1.84 bits per heavy atom. The number of aromatic amines is 1. The first-order chi connectivity index (χ1) is 21.7. The second-order valence-corrected chi connectivity index (χ2v) is 12.8. The van der Waals surface area contributed by atoms with Crippen LogP contribution >= 0.6 is 0 Å². The second-order valence-electron chi connectivity index (χ2n) is 10.8. The van der Waals surface area contributed by atoms with E-state index in [9.17, 15) is 18.3 Å². The Kier molecular flexibility index (Phi) is 11.6. The molecule has 1 aromatic heterocycles. The number of aryl methyl sites for hydroxylation is 1. The lowest BCUT2D eigenvalue weighted by Crippen LogP contribution is -2.48. The number of hydrogen-bond acceptors (Lipinski definition) is 7. The number of aliphatic hydroxyl groups is 1. The zero-order valence-electron chi connectivity index (χ0n) is 25.4. The van der Waals surface area contributed by atoms with Crippen LogP contribution in [-0.4, -0.2) is 74.1 Å². The van der Waals surface area contributed by atoms with Gasteiger partial charge in [-0.1, -0.05) is 49.4 Å². The molecular formula is C33H40N4O7S. The van der Waals surface area contributed by atoms with Crippen LogP contribution in [0, 0.1) is 0 Å². The predicted octanol–water partition coefficient (Wildman–Crippen LogP) is 3.47. The Balaban J connectivity index is 0.00000148. The summed E-state index contributed by atoms with van der Waals surface area (Å²) in [4.78, 5) is 25.4. The van der Waals surface area contributed by atoms with Crippen molar-refractivity contribution in [1.82, 2.24) is 15.6 Å². The number of ether oxygens (including phenoxy) is 1. The van der Waals surface area contributed by atoms with Crippen LogP contribution in [0.15, 0.2) is 72.9 Å². The summed E-state index contributed by atoms with van der Waals surface area (Å²) in [6.45, 7) is 2.92. The molecule has 12 heteroatoms. The molecule has 5 N–H and O–H groups in total. The smallest absolute Gasteiger partial charge is 0.290 e. The maximum absolute atomic E-state index is 13.8. The fourth-order valence-electron chi connectivity index (χ4n) is 5.49. The van der Waals surface area contributed by atoms with Gasteiger partial charge in [-0.15, -0.1) is 0 Å². The van der Waals surface area contributed by atoms with E-state index in [0.717, 1.165) is 34.2 Å². The highest BCUT2D eigenvalue weighted by molar-refractivity contribution is 7.93. The number of aliphatic hydroxyl groups excluding tert-OH is 1. The number of benzene rings is 3. The summed E-state index contributed by atoms with van der Waals surface area (Å²) in [5, 5.41) is 25.3. The molecule has 4 aromatic rings. The van der Waals surface area contributed by atoms with Crippen molar-refractivity contribution in [2.45, 2.75) is 44.9 Å². The highest BCUT2D eigenvalue weighted by atomic mass is 32.2. The van der Waals surface area contributed by atoms with Crippen LogP contribution in [0.3, 0.4) is 0 Å². The number of carbonyl (C=O) groups is 2. The summed E-state index contributed by atoms with van der Waals surface area (Å²) in [6.07, 6.45) is 2.67. The van der Waals surface area contributed by atoms with E-state index in [4.69, 9.17) is 14.6 Å². The van der Waals surface area contributed by atoms with Gasteiger partial charge in [0, 0.05) is 36.8 Å². The summed E-state index contributed by atoms with van der Waals surface area (Å²) >= 11 is 0. The standard InChI is InChI=1S/C32H38N4O5S.CH2O2/c1-3-24-20-34-31-27(24)17-25(18-29(31)36-13-8-14-42(36,39)40)32(38)35-28(16-22-9-5-4-6-10-22)30(37)21-33-19-23-11-7-12-26(15-23)41-2;2-1-3/h4-7,9-12,15,17-18,20,28,30,33-34,37H,3,8,13-14,16,19,21H2,1-2H3,(H,35,38);1H,(H,2,3)/t28-,30+;/m0./s1. The molecule has 0 spiro atoms. The first-order valence-electron chi connectivity index (χ1n) is 14.8. The summed E-state index contributed by atoms with van der Waals surface area (Å²) < 4.78 is 32.4. The van der Waals surface area contributed by atoms with E-state index in [1.807, 2.05) is 67.7 Å². The third-order valence-electron chi connectivity index (χ3n) is 7.76. The van der Waals surface area contributed by atoms with Crippen LogP contribution in [0.2, 0.25) is 0 Å². The molecule has 2 heterocycles. The molecule has 1 aliphatic rings. The zero-order chi connectivity index (χ0) is 32.4. The van der Waals surface area contributed by atoms with Gasteiger partial charge in [-0.2, -0.15) is 0 Å². The number of carbonyl (C=O) groups excluding carboxylic acids is 1. The van der Waals surface area contributed by atoms with E-state index in [0.29, 0.717) is 42.7 Å². The Bertz CT molecular complexity index is 1690. The maximum Gasteiger partial charge on any atom is 0.290 e. The van der Waals surface area contributed by atoms with Crippen LogP contribution in [0.4, 0.5) is 5.69 Å². The van der Waals surface area contributed by atoms with E-state index in [1.165, 1.54) is 4.31 Å². The first kappa shape index (κ1) is 33.5. The fraction of sp³-hybridized carbons (Fsp3) is 0.333. The Labute approximate surface area is 263 Å². The van der Waals surface area contributed by atoms with Crippen molar-refractivity contribution in [3.63, 3.8) is 0 Å². The van der Waals surface area contributed by atoms with Crippen LogP contribution < -0.4 is 19.7 Å². The first-order valence-corrected chi connectivity index (χ1v) is 16.4. The molecule has 0 bridgehead atoms. The number of methoxy groups -OCH3 is 1. The van der Waals surface area contributed by atoms with Gasteiger partial charge in [0.1, 0.15) is 5.75 Å². The molecule has 240 valence electrons. The van der Waals surface area contributed by atoms with E-state index >= 15 is 0 Å². The van der Waals surface area contributed by atoms with Crippen LogP contribution in [0.1, 0.15) is 40.4 Å². The average Bonchev–Trinajstić information content (AvgIpc) is 3.63. The largest absolute Gasteiger partial charge is 0.497 e. The van der Waals surface area contributed by atoms with Crippen molar-refractivity contribution in [3.05, 3.63) is 95.2 Å². The van der Waals surface area contributed by atoms with Crippen molar-refractivity contribution in [1.29, 1.82) is 0 Å². The lowest BCUT2D eigenvalue weighted by Gasteiger charge is -2.25. The van der Waals surface area contributed by atoms with Gasteiger partial charge in [-0.25, -0.2) is 8.42 Å². The molecule has 0 radical (unpaired) electrons. The third kappa shape index (κ3) is 8.41. The topological polar surface area (TPSA) is 161 Å². The van der Waals surface area contributed by atoms with Crippen LogP contribution in [0.5, 0.6) is 5.75 Å². The van der Waals surface area contributed by atoms with E-state index in [2.05, 4.69) is 15.6 Å². The lowest BCUT2D eigenvalue weighted by molar-refractivity contribution is -0.122. The van der Waals surface area contributed by atoms with Crippen molar-refractivity contribution in [3.8, 4) is 5.75 Å². The minimum atomic E-state index is -3.46. The molecule has 5 rings (SSSR count). The quantitative estimate of drug-likeness (QED) is 0.148. The van der Waals surface area contributed by atoms with Gasteiger partial charge < -0.3 is 30.6 Å². The summed E-state index contributed by atoms with van der Waals surface area (Å²) in [5.74, 6) is 0.474. The highest BCUT2D eigenvalue weighted by Gasteiger charge is 2.31. The fourth-order valence-corrected chi connectivity index (χ4v) is 7.06. The molecule has 11 nitrogen and oxygen atoms in total. The molecule has 0 unspecified atom stereocenters. The van der Waals surface area contributed by atoms with Gasteiger partial charge in [0.2, 0.25) is 10.0 Å². The van der Waals surface area contributed by atoms with Crippen LogP contribution in [0.25, 0.3) is 10.9 Å². The molecule has 1 amide bonds. The Morgan fingerprint density at radius 1 is 1.11 bits per heavy atom. The molecule has 1 fully saturated rings. The number of aromatic nitrogens is 1. The Hall–Kier alpha value is -4.39. The molecule has 1 saturated heterocycles. The number of nitrogens with one attached hydrogen (secondary N) is 3. The number of rotatable bonds is 12. The number of amides is 1. The average molecular weight is 637 g/mol. The third-order valence-corrected chi connectivity index (χ3v) is 9.62. The summed E-state index contributed by atoms with van der Waals surface area (Å²) in [6, 6.07) is 20.3. The highest BCUT2D eigenvalue weighted by Crippen LogP contribution is 2.34. The van der Waals surface area contributed by atoms with E-state index in [1.54, 1.807) is 19.2 Å². The van der Waals surface area contributed by atoms with Crippen molar-refractivity contribution >= 4 is 39.0 Å². The monoisotopic (exact) mass is 636 g/mol. The Morgan fingerprint density at radius 3 is 2.51 bits per heavy atom. The molecule has 2 atom stereocenters. The molecular weight excluding hydrogens is 596 g/mol. The minimum absolute atomic E-state index is 0.0837. The number of nitrogens with zero attached hydrogens (tertiary/aromatic N) is 1. The second kappa shape index (κ2) is 15.6. The van der Waals surface area contributed by atoms with Gasteiger partial charge in [-0.3, -0.25) is 13.9 Å². The zero-order valence-corrected chi connectivity index (χ0v) is 26.2. The molecule has 0 saturated carbocycles. The number of anilines is 1. The van der Waals surface area contributed by atoms with Crippen molar-refractivity contribution < 1.29 is 33.0 Å². The van der Waals surface area contributed by atoms with Gasteiger partial charge in [0.25, 0.3) is 12.4 Å². The normalized spacial score (nSPS) is 15.1. The maximum atomic E-state index is 13.8. The number of hydrogen-bond donors (Lipinski definition) is 5. The molecule has 3 aromatic carbocycles. The van der Waals surface area contributed by atoms with Gasteiger partial charge in [-0.05, 0) is 60.2 Å². The lowest BCUT2D eigenvalue weighted by atomic mass is 9.99. The van der Waals surface area contributed by atoms with E-state index < -0.39 is 22.2 Å². The van der Waals surface area contributed by atoms with Gasteiger partial charge in [0.05, 0.1) is 36.2 Å². The minimum Gasteiger partial charge on any atom is -0.497 e. The van der Waals surface area contributed by atoms with E-state index in [-0.39, 0.29) is 24.7 Å². The predicted molar refractivity (Wildman–Crippen MR) is 174 cm³/mol. The van der Waals surface area contributed by atoms with Crippen LogP contribution in [-0.2, 0) is 34.2 Å². The van der Waals surface area contributed by atoms with Gasteiger partial charge in [0.15, 0.2) is 0 Å². The molecule has 1 aliphatic heterocycles. The number of sulfonamides is 1. The SMILES string of the molecule is CCc1c[nH]c2c(N3CCCS3(=O)=O)cc(C(=O)N[C@@H](Cc3ccccc3)[C@H](O)CNCc3cccc(OC)c3)cc12.O=CO. The molecule has 45 heavy (non-hydrogen) atoms. The number of fused-ring (bicyclic) bond motifs is 1. The number of carboxylic acid groups (broad SMARTS) is 1. The van der Waals surface area contributed by atoms with Crippen molar-refractivity contribution in [2.24, 2.45) is 0 Å². The van der Waals surface area contributed by atoms with Crippen molar-refractivity contribution in [2.75, 3.05) is 30.3 Å². The van der Waals surface area contributed by atoms with Gasteiger partial charge >= 0.3 is 0 Å². The molecule has 0 aliphatic carbocycles. The summed E-state index contributed by atoms with van der Waals surface area (Å²) in [5.41, 5.74) is 4.53.